The van der Waals surface area contributed by atoms with Crippen LogP contribution in [0.3, 0.4) is 0 Å². The standard InChI is InChI=1S/C10H11N2O2/c1-8(13)12-11-7-9-4-3-5-10(6-9)14-2/h3-7H,1H2,2H3,(H,12,13). The summed E-state index contributed by atoms with van der Waals surface area (Å²) in [7, 11) is 1.59. The van der Waals surface area contributed by atoms with Gasteiger partial charge in [-0.15, -0.1) is 0 Å². The molecule has 0 fully saturated rings. The molecule has 0 saturated carbocycles. The van der Waals surface area contributed by atoms with E-state index < -0.39 is 5.91 Å². The smallest absolute Gasteiger partial charge is 0.240 e. The number of carbonyl (C=O) groups is 1. The third-order valence-corrected chi connectivity index (χ3v) is 1.50. The van der Waals surface area contributed by atoms with Gasteiger partial charge in [0.25, 0.3) is 0 Å². The first-order valence-electron chi connectivity index (χ1n) is 4.01. The molecule has 4 heteroatoms. The molecule has 4 nitrogen and oxygen atoms in total. The van der Waals surface area contributed by atoms with Gasteiger partial charge in [-0.3, -0.25) is 4.79 Å². The highest BCUT2D eigenvalue weighted by atomic mass is 16.5. The highest BCUT2D eigenvalue weighted by Gasteiger charge is 1.91. The third-order valence-electron chi connectivity index (χ3n) is 1.50. The normalized spacial score (nSPS) is 10.1. The minimum atomic E-state index is -0.441. The minimum absolute atomic E-state index is 0.441. The Morgan fingerprint density at radius 2 is 2.43 bits per heavy atom. The molecule has 0 aliphatic carbocycles. The summed E-state index contributed by atoms with van der Waals surface area (Å²) < 4.78 is 5.02. The van der Waals surface area contributed by atoms with Crippen LogP contribution in [0.25, 0.3) is 0 Å². The Kier molecular flexibility index (Phi) is 3.67. The fourth-order valence-electron chi connectivity index (χ4n) is 0.901. The van der Waals surface area contributed by atoms with Crippen LogP contribution in [0.15, 0.2) is 29.4 Å². The largest absolute Gasteiger partial charge is 0.497 e. The van der Waals surface area contributed by atoms with Crippen molar-refractivity contribution in [2.75, 3.05) is 7.11 Å². The summed E-state index contributed by atoms with van der Waals surface area (Å²) in [5.41, 5.74) is 3.06. The van der Waals surface area contributed by atoms with Gasteiger partial charge in [0, 0.05) is 6.92 Å². The van der Waals surface area contributed by atoms with Gasteiger partial charge in [-0.05, 0) is 17.7 Å². The van der Waals surface area contributed by atoms with Crippen molar-refractivity contribution in [1.82, 2.24) is 5.43 Å². The highest BCUT2D eigenvalue weighted by Crippen LogP contribution is 2.10. The molecule has 73 valence electrons. The molecule has 1 aromatic carbocycles. The average Bonchev–Trinajstić information content (AvgIpc) is 2.18. The summed E-state index contributed by atoms with van der Waals surface area (Å²) >= 11 is 0. The van der Waals surface area contributed by atoms with Gasteiger partial charge < -0.3 is 4.74 Å². The van der Waals surface area contributed by atoms with E-state index in [0.29, 0.717) is 0 Å². The van der Waals surface area contributed by atoms with E-state index in [4.69, 9.17) is 4.74 Å². The van der Waals surface area contributed by atoms with Gasteiger partial charge >= 0.3 is 0 Å². The summed E-state index contributed by atoms with van der Waals surface area (Å²) in [6.45, 7) is 3.11. The van der Waals surface area contributed by atoms with E-state index in [9.17, 15) is 4.79 Å². The van der Waals surface area contributed by atoms with Crippen LogP contribution >= 0.6 is 0 Å². The van der Waals surface area contributed by atoms with Crippen molar-refractivity contribution in [3.8, 4) is 5.75 Å². The van der Waals surface area contributed by atoms with Crippen molar-refractivity contribution >= 4 is 12.1 Å². The molecular weight excluding hydrogens is 180 g/mol. The number of benzene rings is 1. The van der Waals surface area contributed by atoms with Crippen molar-refractivity contribution in [2.24, 2.45) is 5.10 Å². The molecular formula is C10H11N2O2. The van der Waals surface area contributed by atoms with E-state index in [0.717, 1.165) is 11.3 Å². The number of hydrogen-bond acceptors (Lipinski definition) is 3. The first kappa shape index (κ1) is 10.2. The number of methoxy groups -OCH3 is 1. The quantitative estimate of drug-likeness (QED) is 0.572. The molecule has 0 saturated heterocycles. The number of carbonyl (C=O) groups excluding carboxylic acids is 1. The molecule has 0 atom stereocenters. The van der Waals surface area contributed by atoms with Crippen LogP contribution in [0, 0.1) is 6.92 Å². The maximum absolute atomic E-state index is 10.4. The molecule has 1 amide bonds. The highest BCUT2D eigenvalue weighted by molar-refractivity contribution is 5.84. The number of nitrogens with zero attached hydrogens (tertiary/aromatic N) is 1. The molecule has 1 radical (unpaired) electrons. The van der Waals surface area contributed by atoms with Crippen LogP contribution in [0.2, 0.25) is 0 Å². The fourth-order valence-corrected chi connectivity index (χ4v) is 0.901. The number of amides is 1. The maximum atomic E-state index is 10.4. The molecule has 0 unspecified atom stereocenters. The number of ether oxygens (including phenoxy) is 1. The molecule has 1 aromatic rings. The molecule has 1 rings (SSSR count). The second-order valence-corrected chi connectivity index (χ2v) is 2.57. The van der Waals surface area contributed by atoms with Gasteiger partial charge in [0.05, 0.1) is 13.3 Å². The van der Waals surface area contributed by atoms with E-state index in [-0.39, 0.29) is 0 Å². The zero-order valence-electron chi connectivity index (χ0n) is 7.86. The average molecular weight is 191 g/mol. The summed E-state index contributed by atoms with van der Waals surface area (Å²) in [5.74, 6) is 0.305. The minimum Gasteiger partial charge on any atom is -0.497 e. The van der Waals surface area contributed by atoms with Crippen LogP contribution in [0.5, 0.6) is 5.75 Å². The van der Waals surface area contributed by atoms with Crippen molar-refractivity contribution in [3.05, 3.63) is 36.8 Å². The molecule has 14 heavy (non-hydrogen) atoms. The second kappa shape index (κ2) is 5.01. The molecule has 0 spiro atoms. The summed E-state index contributed by atoms with van der Waals surface area (Å²) in [6.07, 6.45) is 1.52. The molecule has 0 bridgehead atoms. The van der Waals surface area contributed by atoms with Gasteiger partial charge in [0.1, 0.15) is 5.75 Å². The Hall–Kier alpha value is -1.84. The molecule has 0 heterocycles. The molecule has 0 aliphatic rings. The van der Waals surface area contributed by atoms with Gasteiger partial charge in [-0.1, -0.05) is 12.1 Å². The van der Waals surface area contributed by atoms with Crippen LogP contribution in [-0.2, 0) is 4.79 Å². The van der Waals surface area contributed by atoms with Gasteiger partial charge in [-0.2, -0.15) is 5.10 Å². The lowest BCUT2D eigenvalue weighted by molar-refractivity contribution is -0.116. The molecule has 0 aliphatic heterocycles. The predicted octanol–water partition coefficient (Wildman–Crippen LogP) is 0.979. The van der Waals surface area contributed by atoms with Crippen molar-refractivity contribution < 1.29 is 9.53 Å². The van der Waals surface area contributed by atoms with Crippen molar-refractivity contribution in [2.45, 2.75) is 0 Å². The lowest BCUT2D eigenvalue weighted by Crippen LogP contribution is -2.12. The zero-order chi connectivity index (χ0) is 10.4. The van der Waals surface area contributed by atoms with Gasteiger partial charge in [0.15, 0.2) is 0 Å². The van der Waals surface area contributed by atoms with E-state index in [1.807, 2.05) is 18.2 Å². The van der Waals surface area contributed by atoms with E-state index in [1.54, 1.807) is 13.2 Å². The second-order valence-electron chi connectivity index (χ2n) is 2.57. The Balaban J connectivity index is 2.66. The Morgan fingerprint density at radius 1 is 1.64 bits per heavy atom. The van der Waals surface area contributed by atoms with Crippen LogP contribution in [-0.4, -0.2) is 19.2 Å². The number of hydrogen-bond donors (Lipinski definition) is 1. The molecule has 0 aromatic heterocycles. The predicted molar refractivity (Wildman–Crippen MR) is 54.1 cm³/mol. The van der Waals surface area contributed by atoms with Gasteiger partial charge in [0.2, 0.25) is 5.91 Å². The number of nitrogens with one attached hydrogen (secondary N) is 1. The summed E-state index contributed by atoms with van der Waals surface area (Å²) in [5, 5.41) is 3.67. The first-order valence-corrected chi connectivity index (χ1v) is 4.01. The van der Waals surface area contributed by atoms with E-state index >= 15 is 0 Å². The fraction of sp³-hybridized carbons (Fsp3) is 0.100. The van der Waals surface area contributed by atoms with E-state index in [2.05, 4.69) is 17.5 Å². The Bertz CT molecular complexity index is 348. The number of rotatable bonds is 3. The van der Waals surface area contributed by atoms with Crippen LogP contribution < -0.4 is 10.2 Å². The number of hydrazone groups is 1. The summed E-state index contributed by atoms with van der Waals surface area (Å²) in [4.78, 5) is 10.4. The summed E-state index contributed by atoms with van der Waals surface area (Å²) in [6, 6.07) is 7.32. The Morgan fingerprint density at radius 3 is 3.07 bits per heavy atom. The topological polar surface area (TPSA) is 50.7 Å². The SMILES string of the molecule is [CH2]C(=O)NN=Cc1cccc(OC)c1. The Labute approximate surface area is 82.6 Å². The van der Waals surface area contributed by atoms with Gasteiger partial charge in [-0.25, -0.2) is 5.43 Å². The lowest BCUT2D eigenvalue weighted by Gasteiger charge is -1.99. The van der Waals surface area contributed by atoms with E-state index in [1.165, 1.54) is 6.21 Å². The maximum Gasteiger partial charge on any atom is 0.240 e. The van der Waals surface area contributed by atoms with Crippen molar-refractivity contribution in [1.29, 1.82) is 0 Å². The third kappa shape index (κ3) is 3.26. The van der Waals surface area contributed by atoms with Crippen LogP contribution in [0.1, 0.15) is 5.56 Å². The van der Waals surface area contributed by atoms with Crippen LogP contribution in [0.4, 0.5) is 0 Å². The lowest BCUT2D eigenvalue weighted by atomic mass is 10.2. The zero-order valence-corrected chi connectivity index (χ0v) is 7.86. The first-order chi connectivity index (χ1) is 6.72. The van der Waals surface area contributed by atoms with Crippen molar-refractivity contribution in [3.63, 3.8) is 0 Å². The monoisotopic (exact) mass is 191 g/mol. The molecule has 1 N–H and O–H groups in total.